The summed E-state index contributed by atoms with van der Waals surface area (Å²) in [6, 6.07) is 0. The Morgan fingerprint density at radius 1 is 1.33 bits per heavy atom. The Balaban J connectivity index is 2.23. The predicted octanol–water partition coefficient (Wildman–Crippen LogP) is 3.10. The molecule has 1 aliphatic carbocycles. The molecule has 1 saturated carbocycles. The van der Waals surface area contributed by atoms with Crippen LogP contribution in [0.2, 0.25) is 0 Å². The second kappa shape index (κ2) is 4.44. The second-order valence-electron chi connectivity index (χ2n) is 3.90. The van der Waals surface area contributed by atoms with E-state index in [4.69, 9.17) is 0 Å². The van der Waals surface area contributed by atoms with Gasteiger partial charge in [-0.25, -0.2) is 0 Å². The zero-order chi connectivity index (χ0) is 8.97. The van der Waals surface area contributed by atoms with Crippen LogP contribution in [0.5, 0.6) is 0 Å². The van der Waals surface area contributed by atoms with Gasteiger partial charge in [-0.05, 0) is 26.2 Å². The maximum absolute atomic E-state index is 11.5. The molecule has 0 aromatic carbocycles. The highest BCUT2D eigenvalue weighted by Gasteiger charge is 2.21. The lowest BCUT2D eigenvalue weighted by Gasteiger charge is -2.06. The molecular formula is C11H18O. The maximum Gasteiger partial charge on any atom is 0.136 e. The minimum absolute atomic E-state index is 0.393. The number of rotatable bonds is 4. The zero-order valence-corrected chi connectivity index (χ0v) is 7.94. The van der Waals surface area contributed by atoms with Crippen molar-refractivity contribution in [2.45, 2.75) is 45.4 Å². The molecule has 0 unspecified atom stereocenters. The molecule has 68 valence electrons. The van der Waals surface area contributed by atoms with Gasteiger partial charge in [-0.3, -0.25) is 4.79 Å². The van der Waals surface area contributed by atoms with Gasteiger partial charge in [0.25, 0.3) is 0 Å². The van der Waals surface area contributed by atoms with E-state index in [1.165, 1.54) is 12.8 Å². The number of hydrogen-bond acceptors (Lipinski definition) is 1. The van der Waals surface area contributed by atoms with E-state index in [1.807, 2.05) is 6.92 Å². The summed E-state index contributed by atoms with van der Waals surface area (Å²) in [6.45, 7) is 5.79. The fourth-order valence-corrected chi connectivity index (χ4v) is 1.79. The lowest BCUT2D eigenvalue weighted by molar-refractivity contribution is -0.122. The van der Waals surface area contributed by atoms with Gasteiger partial charge in [0.2, 0.25) is 0 Å². The summed E-state index contributed by atoms with van der Waals surface area (Å²) in [7, 11) is 0. The largest absolute Gasteiger partial charge is 0.299 e. The first kappa shape index (κ1) is 9.50. The van der Waals surface area contributed by atoms with Crippen molar-refractivity contribution in [1.29, 1.82) is 0 Å². The fraction of sp³-hybridized carbons (Fsp3) is 0.727. The van der Waals surface area contributed by atoms with E-state index in [-0.39, 0.29) is 0 Å². The molecule has 1 rings (SSSR count). The first-order chi connectivity index (χ1) is 5.70. The molecule has 1 fully saturated rings. The Labute approximate surface area is 74.9 Å². The van der Waals surface area contributed by atoms with Crippen LogP contribution in [-0.4, -0.2) is 5.78 Å². The van der Waals surface area contributed by atoms with Crippen molar-refractivity contribution in [2.75, 3.05) is 0 Å². The maximum atomic E-state index is 11.5. The van der Waals surface area contributed by atoms with E-state index < -0.39 is 0 Å². The average molecular weight is 166 g/mol. The van der Waals surface area contributed by atoms with Crippen LogP contribution in [0.4, 0.5) is 0 Å². The van der Waals surface area contributed by atoms with Gasteiger partial charge in [-0.15, -0.1) is 6.58 Å². The molecule has 1 nitrogen and oxygen atoms in total. The van der Waals surface area contributed by atoms with Crippen molar-refractivity contribution in [3.8, 4) is 0 Å². The summed E-state index contributed by atoms with van der Waals surface area (Å²) in [5.41, 5.74) is 1.13. The molecular weight excluding hydrogens is 148 g/mol. The molecule has 0 aliphatic heterocycles. The van der Waals surface area contributed by atoms with Crippen LogP contribution < -0.4 is 0 Å². The quantitative estimate of drug-likeness (QED) is 0.586. The van der Waals surface area contributed by atoms with Crippen molar-refractivity contribution in [3.63, 3.8) is 0 Å². The van der Waals surface area contributed by atoms with E-state index in [0.717, 1.165) is 31.3 Å². The molecule has 0 atom stereocenters. The number of allylic oxidation sites excluding steroid dienone is 1. The van der Waals surface area contributed by atoms with E-state index in [9.17, 15) is 4.79 Å². The molecule has 12 heavy (non-hydrogen) atoms. The van der Waals surface area contributed by atoms with Crippen molar-refractivity contribution in [2.24, 2.45) is 5.92 Å². The first-order valence-corrected chi connectivity index (χ1v) is 4.87. The lowest BCUT2D eigenvalue weighted by atomic mass is 9.97. The second-order valence-corrected chi connectivity index (χ2v) is 3.90. The summed E-state index contributed by atoms with van der Waals surface area (Å²) < 4.78 is 0. The van der Waals surface area contributed by atoms with Crippen LogP contribution >= 0.6 is 0 Å². The zero-order valence-electron chi connectivity index (χ0n) is 7.94. The first-order valence-electron chi connectivity index (χ1n) is 4.87. The van der Waals surface area contributed by atoms with Crippen molar-refractivity contribution in [1.82, 2.24) is 0 Å². The summed E-state index contributed by atoms with van der Waals surface area (Å²) in [5.74, 6) is 0.861. The van der Waals surface area contributed by atoms with Crippen LogP contribution in [0.1, 0.15) is 45.4 Å². The molecule has 0 saturated heterocycles. The van der Waals surface area contributed by atoms with Gasteiger partial charge in [-0.1, -0.05) is 18.4 Å². The Hall–Kier alpha value is -0.590. The number of carbonyl (C=O) groups excluding carboxylic acids is 1. The minimum atomic E-state index is 0.393. The van der Waals surface area contributed by atoms with Gasteiger partial charge in [0.05, 0.1) is 0 Å². The van der Waals surface area contributed by atoms with Gasteiger partial charge in [0.15, 0.2) is 0 Å². The molecule has 1 aliphatic rings. The van der Waals surface area contributed by atoms with Crippen LogP contribution in [0.15, 0.2) is 12.2 Å². The third-order valence-electron chi connectivity index (χ3n) is 2.61. The van der Waals surface area contributed by atoms with Crippen molar-refractivity contribution >= 4 is 5.78 Å². The van der Waals surface area contributed by atoms with Gasteiger partial charge in [0, 0.05) is 12.3 Å². The monoisotopic (exact) mass is 166 g/mol. The minimum Gasteiger partial charge on any atom is -0.299 e. The van der Waals surface area contributed by atoms with E-state index >= 15 is 0 Å². The van der Waals surface area contributed by atoms with E-state index in [0.29, 0.717) is 11.7 Å². The highest BCUT2D eigenvalue weighted by Crippen LogP contribution is 2.27. The summed E-state index contributed by atoms with van der Waals surface area (Å²) in [5, 5.41) is 0. The molecule has 0 bridgehead atoms. The fourth-order valence-electron chi connectivity index (χ4n) is 1.79. The Morgan fingerprint density at radius 2 is 1.92 bits per heavy atom. The number of Topliss-reactive ketones (excluding diaryl/α,β-unsaturated/α-hetero) is 1. The van der Waals surface area contributed by atoms with Crippen LogP contribution in [0.25, 0.3) is 0 Å². The smallest absolute Gasteiger partial charge is 0.136 e. The SMILES string of the molecule is C=C(C)CCC(=O)C1CCCC1. The molecule has 0 aromatic rings. The van der Waals surface area contributed by atoms with Crippen molar-refractivity contribution in [3.05, 3.63) is 12.2 Å². The molecule has 1 heteroatoms. The van der Waals surface area contributed by atoms with Gasteiger partial charge >= 0.3 is 0 Å². The third-order valence-corrected chi connectivity index (χ3v) is 2.61. The summed E-state index contributed by atoms with van der Waals surface area (Å²) in [6.07, 6.45) is 6.38. The van der Waals surface area contributed by atoms with E-state index in [2.05, 4.69) is 6.58 Å². The Morgan fingerprint density at radius 3 is 2.42 bits per heavy atom. The predicted molar refractivity (Wildman–Crippen MR) is 51.0 cm³/mol. The molecule has 0 N–H and O–H groups in total. The summed E-state index contributed by atoms with van der Waals surface area (Å²) >= 11 is 0. The average Bonchev–Trinajstić information content (AvgIpc) is 2.51. The highest BCUT2D eigenvalue weighted by atomic mass is 16.1. The molecule has 0 spiro atoms. The normalized spacial score (nSPS) is 18.1. The standard InChI is InChI=1S/C11H18O/c1-9(2)7-8-11(12)10-5-3-4-6-10/h10H,1,3-8H2,2H3. The summed E-state index contributed by atoms with van der Waals surface area (Å²) in [4.78, 5) is 11.5. The third kappa shape index (κ3) is 2.80. The van der Waals surface area contributed by atoms with Crippen LogP contribution in [-0.2, 0) is 4.79 Å². The number of carbonyl (C=O) groups is 1. The lowest BCUT2D eigenvalue weighted by Crippen LogP contribution is -2.10. The van der Waals surface area contributed by atoms with Gasteiger partial charge < -0.3 is 0 Å². The van der Waals surface area contributed by atoms with Crippen molar-refractivity contribution < 1.29 is 4.79 Å². The highest BCUT2D eigenvalue weighted by molar-refractivity contribution is 5.81. The molecule has 0 heterocycles. The Bertz CT molecular complexity index is 175. The van der Waals surface area contributed by atoms with Crippen LogP contribution in [0, 0.1) is 5.92 Å². The van der Waals surface area contributed by atoms with Gasteiger partial charge in [0.1, 0.15) is 5.78 Å². The number of ketones is 1. The topological polar surface area (TPSA) is 17.1 Å². The Kier molecular flexibility index (Phi) is 3.51. The molecule has 0 amide bonds. The van der Waals surface area contributed by atoms with Crippen LogP contribution in [0.3, 0.4) is 0 Å². The van der Waals surface area contributed by atoms with E-state index in [1.54, 1.807) is 0 Å². The molecule has 0 radical (unpaired) electrons. The van der Waals surface area contributed by atoms with Gasteiger partial charge in [-0.2, -0.15) is 0 Å². The number of hydrogen-bond donors (Lipinski definition) is 0. The molecule has 0 aromatic heterocycles.